The standard InChI is InChI=1S/C34H37N.C25H31N.C24H33N.C20H25N/c1-32(2,3)26-18-20-28-30(22-26)35(7)31-23-27(33(4,5)6)19-21-29(31)34(28,24-14-10-8-11-15-24)25-16-12-9-13-17-25;1-26-23-13-7-6-12-21(23)25(16-8-3-9-17-25)22-18-20(14-15-24(22)26)19-10-4-2-5-11-19;1-22(2,3)16-10-12-20-18(14-16)24(7,8)19-15-17(23(4,5)6)11-13-21(19)25(20)9;1-19(2,3)14-11-12-18-16(13-14)20(4,5)15-9-7-8-10-17(15)21(18)6/h8-23H,1-7H3;6-7,12-15,18-19H,2-5,8-11,16-17H2,1H3;10-15H,1-9H3;7-13H,1-6H3. The van der Waals surface area contributed by atoms with Gasteiger partial charge in [-0.3, -0.25) is 0 Å². The van der Waals surface area contributed by atoms with Gasteiger partial charge in [0.1, 0.15) is 0 Å². The van der Waals surface area contributed by atoms with E-state index in [9.17, 15) is 0 Å². The third-order valence-corrected chi connectivity index (χ3v) is 25.8. The first-order valence-electron chi connectivity index (χ1n) is 40.5. The minimum Gasteiger partial charge on any atom is -0.344 e. The van der Waals surface area contributed by atoms with E-state index in [1.54, 1.807) is 16.7 Å². The van der Waals surface area contributed by atoms with Crippen LogP contribution in [0.25, 0.3) is 0 Å². The maximum atomic E-state index is 2.63. The molecule has 558 valence electrons. The maximum Gasteiger partial charge on any atom is 0.0742 e. The molecule has 0 bridgehead atoms. The van der Waals surface area contributed by atoms with Gasteiger partial charge in [-0.2, -0.15) is 0 Å². The van der Waals surface area contributed by atoms with Crippen LogP contribution in [-0.2, 0) is 48.7 Å². The van der Waals surface area contributed by atoms with Crippen LogP contribution in [0.4, 0.5) is 45.5 Å². The predicted molar refractivity (Wildman–Crippen MR) is 463 cm³/mol. The SMILES string of the molecule is CN1c2cc(C(C)(C)C)ccc2C(c2ccccc2)(c2ccccc2)c2ccc(C(C)(C)C)cc21.CN1c2ccc(C(C)(C)C)cc2C(C)(C)c2cc(C(C)(C)C)ccc21.CN1c2ccccc2C(C)(C)c2cc(C(C)(C)C)ccc21.CN1c2ccccc2C2(CCCCC2)c2cc(C3CCCCC3)ccc21. The van der Waals surface area contributed by atoms with Crippen molar-refractivity contribution in [3.05, 3.63) is 307 Å². The lowest BCUT2D eigenvalue weighted by Gasteiger charge is -2.47. The van der Waals surface area contributed by atoms with E-state index in [2.05, 4.69) is 398 Å². The van der Waals surface area contributed by atoms with Crippen LogP contribution >= 0.6 is 0 Å². The molecule has 2 aliphatic carbocycles. The van der Waals surface area contributed by atoms with Crippen molar-refractivity contribution in [2.24, 2.45) is 0 Å². The van der Waals surface area contributed by atoms with Crippen LogP contribution in [0.2, 0.25) is 0 Å². The summed E-state index contributed by atoms with van der Waals surface area (Å²) < 4.78 is 0. The van der Waals surface area contributed by atoms with Crippen LogP contribution in [0, 0.1) is 0 Å². The first kappa shape index (κ1) is 76.6. The van der Waals surface area contributed by atoms with E-state index in [1.807, 2.05) is 0 Å². The molecule has 10 aromatic carbocycles. The fourth-order valence-electron chi connectivity index (χ4n) is 18.9. The van der Waals surface area contributed by atoms with E-state index in [4.69, 9.17) is 0 Å². The summed E-state index contributed by atoms with van der Waals surface area (Å²) >= 11 is 0. The largest absolute Gasteiger partial charge is 0.344 e. The normalized spacial score (nSPS) is 17.3. The van der Waals surface area contributed by atoms with Gasteiger partial charge in [-0.15, -0.1) is 0 Å². The highest BCUT2D eigenvalue weighted by atomic mass is 15.1. The molecule has 0 aromatic heterocycles. The lowest BCUT2D eigenvalue weighted by Crippen LogP contribution is -2.38. The molecule has 0 atom stereocenters. The Kier molecular flexibility index (Phi) is 20.4. The molecular formula is C103H126N4. The Labute approximate surface area is 647 Å². The van der Waals surface area contributed by atoms with Crippen molar-refractivity contribution >= 4 is 45.5 Å². The summed E-state index contributed by atoms with van der Waals surface area (Å²) in [6, 6.07) is 82.8. The van der Waals surface area contributed by atoms with Gasteiger partial charge in [0.15, 0.2) is 0 Å². The Bertz CT molecular complexity index is 4680. The minimum absolute atomic E-state index is 0.000301. The second kappa shape index (κ2) is 28.4. The molecule has 4 heterocycles. The highest BCUT2D eigenvalue weighted by Gasteiger charge is 2.48. The Morgan fingerprint density at radius 3 is 0.981 bits per heavy atom. The van der Waals surface area contributed by atoms with Gasteiger partial charge in [0.05, 0.1) is 5.41 Å². The van der Waals surface area contributed by atoms with E-state index in [1.165, 1.54) is 182 Å². The molecule has 4 aliphatic heterocycles. The van der Waals surface area contributed by atoms with Crippen molar-refractivity contribution in [3.63, 3.8) is 0 Å². The molecule has 0 saturated heterocycles. The van der Waals surface area contributed by atoms with Crippen molar-refractivity contribution in [2.45, 2.75) is 250 Å². The summed E-state index contributed by atoms with van der Waals surface area (Å²) in [5.41, 5.74) is 34.0. The van der Waals surface area contributed by atoms with E-state index >= 15 is 0 Å². The second-order valence-corrected chi connectivity index (χ2v) is 38.7. The third kappa shape index (κ3) is 14.0. The average Bonchev–Trinajstić information content (AvgIpc) is 0.694. The van der Waals surface area contributed by atoms with Crippen LogP contribution in [-0.4, -0.2) is 28.2 Å². The summed E-state index contributed by atoms with van der Waals surface area (Å²) in [6.45, 7) is 43.8. The van der Waals surface area contributed by atoms with Gasteiger partial charge < -0.3 is 19.6 Å². The topological polar surface area (TPSA) is 13.0 Å². The molecule has 0 amide bonds. The Balaban J connectivity index is 0.000000128. The number of benzene rings is 10. The molecule has 2 fully saturated rings. The summed E-state index contributed by atoms with van der Waals surface area (Å²) in [7, 11) is 8.86. The second-order valence-electron chi connectivity index (χ2n) is 38.7. The van der Waals surface area contributed by atoms with Crippen LogP contribution < -0.4 is 19.6 Å². The van der Waals surface area contributed by atoms with E-state index in [0.717, 1.165) is 5.92 Å². The number of anilines is 8. The van der Waals surface area contributed by atoms with Crippen molar-refractivity contribution in [2.75, 3.05) is 47.8 Å². The van der Waals surface area contributed by atoms with Crippen LogP contribution in [0.5, 0.6) is 0 Å². The van der Waals surface area contributed by atoms with Gasteiger partial charge in [0, 0.05) is 89.9 Å². The molecule has 6 aliphatic rings. The molecule has 1 spiro atoms. The predicted octanol–water partition coefficient (Wildman–Crippen LogP) is 27.9. The summed E-state index contributed by atoms with van der Waals surface area (Å²) in [4.78, 5) is 9.53. The van der Waals surface area contributed by atoms with Gasteiger partial charge in [0.2, 0.25) is 0 Å². The van der Waals surface area contributed by atoms with Gasteiger partial charge >= 0.3 is 0 Å². The van der Waals surface area contributed by atoms with Gasteiger partial charge in [-0.05, 0) is 196 Å². The number of fused-ring (bicyclic) bond motifs is 10. The van der Waals surface area contributed by atoms with Crippen molar-refractivity contribution < 1.29 is 0 Å². The monoisotopic (exact) mass is 1420 g/mol. The average molecular weight is 1420 g/mol. The van der Waals surface area contributed by atoms with Gasteiger partial charge in [0.25, 0.3) is 0 Å². The molecule has 4 nitrogen and oxygen atoms in total. The maximum absolute atomic E-state index is 2.63. The molecule has 4 heteroatoms. The summed E-state index contributed by atoms with van der Waals surface area (Å²) in [6.07, 6.45) is 13.8. The van der Waals surface area contributed by atoms with E-state index in [-0.39, 0.29) is 43.3 Å². The highest BCUT2D eigenvalue weighted by Crippen LogP contribution is 2.59. The Hall–Kier alpha value is -8.60. The zero-order chi connectivity index (χ0) is 76.8. The van der Waals surface area contributed by atoms with E-state index in [0.29, 0.717) is 0 Å². The first-order valence-corrected chi connectivity index (χ1v) is 40.5. The van der Waals surface area contributed by atoms with Gasteiger partial charge in [-0.1, -0.05) is 340 Å². The fourth-order valence-corrected chi connectivity index (χ4v) is 18.9. The van der Waals surface area contributed by atoms with Crippen LogP contribution in [0.1, 0.15) is 291 Å². The number of hydrogen-bond acceptors (Lipinski definition) is 4. The zero-order valence-corrected chi connectivity index (χ0v) is 69.7. The smallest absolute Gasteiger partial charge is 0.0742 e. The molecule has 0 unspecified atom stereocenters. The quantitative estimate of drug-likeness (QED) is 0.175. The number of nitrogens with zero attached hydrogens (tertiary/aromatic N) is 4. The van der Waals surface area contributed by atoms with Gasteiger partial charge in [-0.25, -0.2) is 0 Å². The lowest BCUT2D eigenvalue weighted by molar-refractivity contribution is 0.343. The van der Waals surface area contributed by atoms with Crippen LogP contribution in [0.3, 0.4) is 0 Å². The molecule has 2 saturated carbocycles. The zero-order valence-electron chi connectivity index (χ0n) is 69.7. The molecule has 0 N–H and O–H groups in total. The number of para-hydroxylation sites is 2. The Morgan fingerprint density at radius 2 is 0.570 bits per heavy atom. The number of rotatable bonds is 3. The molecule has 16 rings (SSSR count). The Morgan fingerprint density at radius 1 is 0.262 bits per heavy atom. The van der Waals surface area contributed by atoms with Crippen LogP contribution in [0.15, 0.2) is 218 Å². The molecule has 10 aromatic rings. The van der Waals surface area contributed by atoms with Crippen molar-refractivity contribution in [1.29, 1.82) is 0 Å². The highest BCUT2D eigenvalue weighted by molar-refractivity contribution is 5.85. The first-order chi connectivity index (χ1) is 50.4. The molecule has 107 heavy (non-hydrogen) atoms. The fraction of sp³-hybridized carbons (Fsp3) is 0.417. The molecule has 0 radical (unpaired) electrons. The van der Waals surface area contributed by atoms with Crippen molar-refractivity contribution in [3.8, 4) is 0 Å². The van der Waals surface area contributed by atoms with Crippen molar-refractivity contribution in [1.82, 2.24) is 0 Å². The summed E-state index contributed by atoms with van der Waals surface area (Å²) in [5, 5.41) is 0. The number of hydrogen-bond donors (Lipinski definition) is 0. The minimum atomic E-state index is -0.396. The third-order valence-electron chi connectivity index (χ3n) is 25.8. The lowest BCUT2D eigenvalue weighted by atomic mass is 9.62. The van der Waals surface area contributed by atoms with E-state index < -0.39 is 5.41 Å². The summed E-state index contributed by atoms with van der Waals surface area (Å²) in [5.74, 6) is 0.789. The molecular weight excluding hydrogens is 1290 g/mol.